The van der Waals surface area contributed by atoms with Gasteiger partial charge < -0.3 is 4.52 Å². The second kappa shape index (κ2) is 13.8. The molecule has 186 valence electrons. The Hall–Kier alpha value is -2.34. The topological polar surface area (TPSA) is 12.5 Å². The first kappa shape index (κ1) is 26.7. The zero-order chi connectivity index (χ0) is 25.2. The summed E-state index contributed by atoms with van der Waals surface area (Å²) in [7, 11) is 0.864. The molecule has 4 heteroatoms. The van der Waals surface area contributed by atoms with Gasteiger partial charge in [-0.25, -0.2) is 0 Å². The van der Waals surface area contributed by atoms with E-state index < -0.39 is 16.2 Å². The van der Waals surface area contributed by atoms with E-state index in [4.69, 9.17) is 4.52 Å². The van der Waals surface area contributed by atoms with Crippen LogP contribution in [0.1, 0.15) is 38.4 Å². The zero-order valence-electron chi connectivity index (χ0n) is 21.6. The van der Waals surface area contributed by atoms with Gasteiger partial charge in [0.2, 0.25) is 0 Å². The van der Waals surface area contributed by atoms with Crippen LogP contribution in [0.3, 0.4) is 0 Å². The molecule has 1 unspecified atom stereocenters. The zero-order valence-corrected chi connectivity index (χ0v) is 23.4. The second-order valence-corrected chi connectivity index (χ2v) is 13.3. The number of hydrogen-bond donors (Lipinski definition) is 0. The van der Waals surface area contributed by atoms with E-state index in [1.165, 1.54) is 40.5 Å². The van der Waals surface area contributed by atoms with Crippen LogP contribution < -0.4 is 15.9 Å². The molecule has 4 aromatic rings. The molecule has 0 N–H and O–H groups in total. The molecule has 2 nitrogen and oxygen atoms in total. The van der Waals surface area contributed by atoms with Crippen LogP contribution in [0.5, 0.6) is 0 Å². The first-order valence-electron chi connectivity index (χ1n) is 12.9. The second-order valence-electron chi connectivity index (χ2n) is 9.03. The molecule has 36 heavy (non-hydrogen) atoms. The Morgan fingerprint density at radius 3 is 1.58 bits per heavy atom. The molecule has 0 amide bonds. The number of nitrogens with zero attached hydrogens (tertiary/aromatic N) is 1. The standard InChI is InChI=1S/C32H37NOP2/c1-4-5-26-35(29-20-12-7-13-21-29)33(3)27(2)32(28-18-10-6-11-19-28)34-36(30-22-14-8-15-23-30)31-24-16-9-17-25-31/h6-25,27,32H,4-5,26H2,1-3H3/t27-,32-,35?/m0/s1. The highest BCUT2D eigenvalue weighted by Gasteiger charge is 2.32. The van der Waals surface area contributed by atoms with Crippen molar-refractivity contribution in [2.45, 2.75) is 38.8 Å². The third kappa shape index (κ3) is 6.90. The minimum absolute atomic E-state index is 0.0573. The Bertz CT molecular complexity index is 1100. The summed E-state index contributed by atoms with van der Waals surface area (Å²) < 4.78 is 9.81. The Balaban J connectivity index is 1.70. The fraction of sp³-hybridized carbons (Fsp3) is 0.250. The molecule has 0 spiro atoms. The predicted molar refractivity (Wildman–Crippen MR) is 159 cm³/mol. The van der Waals surface area contributed by atoms with Gasteiger partial charge in [0.15, 0.2) is 0 Å². The van der Waals surface area contributed by atoms with Crippen molar-refractivity contribution in [3.8, 4) is 0 Å². The van der Waals surface area contributed by atoms with E-state index in [0.29, 0.717) is 0 Å². The van der Waals surface area contributed by atoms with Gasteiger partial charge in [-0.2, -0.15) is 0 Å². The number of unbranched alkanes of at least 4 members (excludes halogenated alkanes) is 1. The van der Waals surface area contributed by atoms with Crippen molar-refractivity contribution in [1.82, 2.24) is 4.67 Å². The molecule has 0 saturated heterocycles. The van der Waals surface area contributed by atoms with Crippen LogP contribution in [0.2, 0.25) is 0 Å². The Morgan fingerprint density at radius 1 is 0.667 bits per heavy atom. The van der Waals surface area contributed by atoms with Crippen molar-refractivity contribution < 1.29 is 4.52 Å². The van der Waals surface area contributed by atoms with E-state index in [0.717, 1.165) is 0 Å². The Kier molecular flexibility index (Phi) is 10.3. The van der Waals surface area contributed by atoms with Gasteiger partial charge in [-0.15, -0.1) is 0 Å². The van der Waals surface area contributed by atoms with Crippen LogP contribution >= 0.6 is 16.2 Å². The van der Waals surface area contributed by atoms with E-state index in [1.54, 1.807) is 0 Å². The van der Waals surface area contributed by atoms with Crippen LogP contribution in [-0.2, 0) is 4.52 Å². The molecule has 4 aromatic carbocycles. The molecule has 0 radical (unpaired) electrons. The van der Waals surface area contributed by atoms with Crippen molar-refractivity contribution in [3.63, 3.8) is 0 Å². The molecular formula is C32H37NOP2. The van der Waals surface area contributed by atoms with E-state index in [2.05, 4.69) is 147 Å². The summed E-state index contributed by atoms with van der Waals surface area (Å²) in [6.07, 6.45) is 3.58. The normalized spacial score (nSPS) is 14.0. The monoisotopic (exact) mass is 513 g/mol. The third-order valence-electron chi connectivity index (χ3n) is 6.51. The number of benzene rings is 4. The lowest BCUT2D eigenvalue weighted by Crippen LogP contribution is -2.35. The van der Waals surface area contributed by atoms with E-state index in [9.17, 15) is 0 Å². The van der Waals surface area contributed by atoms with Gasteiger partial charge in [0.1, 0.15) is 6.10 Å². The van der Waals surface area contributed by atoms with Gasteiger partial charge >= 0.3 is 0 Å². The van der Waals surface area contributed by atoms with Crippen molar-refractivity contribution in [2.75, 3.05) is 13.2 Å². The maximum absolute atomic E-state index is 7.22. The molecule has 0 saturated carbocycles. The van der Waals surface area contributed by atoms with Crippen LogP contribution in [-0.4, -0.2) is 23.9 Å². The average Bonchev–Trinajstić information content (AvgIpc) is 2.95. The summed E-state index contributed by atoms with van der Waals surface area (Å²) in [5, 5.41) is 3.92. The number of rotatable bonds is 12. The fourth-order valence-corrected chi connectivity index (χ4v) is 8.96. The van der Waals surface area contributed by atoms with Crippen molar-refractivity contribution >= 4 is 32.1 Å². The van der Waals surface area contributed by atoms with Gasteiger partial charge in [-0.3, -0.25) is 4.67 Å². The maximum atomic E-state index is 7.22. The molecule has 0 aliphatic rings. The predicted octanol–water partition coefficient (Wildman–Crippen LogP) is 7.64. The summed E-state index contributed by atoms with van der Waals surface area (Å²) in [6.45, 7) is 4.62. The Morgan fingerprint density at radius 2 is 1.11 bits per heavy atom. The largest absolute Gasteiger partial charge is 0.340 e. The van der Waals surface area contributed by atoms with E-state index >= 15 is 0 Å². The lowest BCUT2D eigenvalue weighted by atomic mass is 10.0. The molecular weight excluding hydrogens is 476 g/mol. The Labute approximate surface area is 220 Å². The van der Waals surface area contributed by atoms with Gasteiger partial charge in [0.05, 0.1) is 8.15 Å². The number of likely N-dealkylation sites (N-methyl/N-ethyl adjacent to an activating group) is 1. The molecule has 0 fully saturated rings. The van der Waals surface area contributed by atoms with Crippen molar-refractivity contribution in [1.29, 1.82) is 0 Å². The van der Waals surface area contributed by atoms with Crippen LogP contribution in [0.4, 0.5) is 0 Å². The summed E-state index contributed by atoms with van der Waals surface area (Å²) in [5.74, 6) is 0. The highest BCUT2D eigenvalue weighted by molar-refractivity contribution is 7.68. The minimum Gasteiger partial charge on any atom is -0.340 e. The lowest BCUT2D eigenvalue weighted by Gasteiger charge is -2.39. The molecule has 0 aromatic heterocycles. The number of hydrogen-bond acceptors (Lipinski definition) is 2. The van der Waals surface area contributed by atoms with Crippen molar-refractivity contribution in [2.24, 2.45) is 0 Å². The highest BCUT2D eigenvalue weighted by Crippen LogP contribution is 2.47. The van der Waals surface area contributed by atoms with Gasteiger partial charge in [-0.1, -0.05) is 135 Å². The maximum Gasteiger partial charge on any atom is 0.103 e. The molecule has 0 aliphatic carbocycles. The van der Waals surface area contributed by atoms with Gasteiger partial charge in [-0.05, 0) is 45.5 Å². The van der Waals surface area contributed by atoms with Crippen LogP contribution in [0.15, 0.2) is 121 Å². The van der Waals surface area contributed by atoms with Crippen molar-refractivity contribution in [3.05, 3.63) is 127 Å². The summed E-state index contributed by atoms with van der Waals surface area (Å²) >= 11 is 0. The fourth-order valence-electron chi connectivity index (χ4n) is 4.37. The first-order chi connectivity index (χ1) is 17.7. The quantitative estimate of drug-likeness (QED) is 0.181. The summed E-state index contributed by atoms with van der Waals surface area (Å²) in [5.41, 5.74) is 1.23. The molecule has 0 bridgehead atoms. The van der Waals surface area contributed by atoms with E-state index in [-0.39, 0.29) is 12.1 Å². The van der Waals surface area contributed by atoms with E-state index in [1.807, 2.05) is 0 Å². The molecule has 0 heterocycles. The SMILES string of the molecule is CCCCP(c1ccccc1)N(C)[C@@H](C)[C@H](OP(c1ccccc1)c1ccccc1)c1ccccc1. The minimum atomic E-state index is -0.975. The molecule has 4 rings (SSSR count). The smallest absolute Gasteiger partial charge is 0.103 e. The van der Waals surface area contributed by atoms with Crippen LogP contribution in [0, 0.1) is 0 Å². The van der Waals surface area contributed by atoms with Crippen LogP contribution in [0.25, 0.3) is 0 Å². The molecule has 3 atom stereocenters. The summed E-state index contributed by atoms with van der Waals surface area (Å²) in [6, 6.07) is 43.4. The lowest BCUT2D eigenvalue weighted by molar-refractivity contribution is 0.154. The molecule has 0 aliphatic heterocycles. The van der Waals surface area contributed by atoms with Gasteiger partial charge in [0.25, 0.3) is 0 Å². The average molecular weight is 514 g/mol. The third-order valence-corrected chi connectivity index (χ3v) is 11.2. The summed E-state index contributed by atoms with van der Waals surface area (Å²) in [4.78, 5) is 0. The van der Waals surface area contributed by atoms with Gasteiger partial charge in [0, 0.05) is 16.7 Å². The first-order valence-corrected chi connectivity index (χ1v) is 15.6. The highest BCUT2D eigenvalue weighted by atomic mass is 31.1.